The Morgan fingerprint density at radius 1 is 1.14 bits per heavy atom. The van der Waals surface area contributed by atoms with Crippen LogP contribution in [0.2, 0.25) is 0 Å². The van der Waals surface area contributed by atoms with Crippen molar-refractivity contribution in [2.75, 3.05) is 13.1 Å². The number of fused-ring (bicyclic) bond motifs is 1. The van der Waals surface area contributed by atoms with E-state index < -0.39 is 0 Å². The molecule has 0 saturated carbocycles. The summed E-state index contributed by atoms with van der Waals surface area (Å²) in [6.07, 6.45) is 2.73. The Labute approximate surface area is 187 Å². The van der Waals surface area contributed by atoms with Crippen LogP contribution in [0.25, 0.3) is 5.69 Å². The first-order valence-electron chi connectivity index (χ1n) is 9.54. The van der Waals surface area contributed by atoms with Crippen molar-refractivity contribution in [2.45, 2.75) is 26.0 Å². The first-order chi connectivity index (χ1) is 13.8. The molecule has 2 aromatic carbocycles. The minimum absolute atomic E-state index is 0. The molecule has 2 N–H and O–H groups in total. The molecular formula is C21H25IN6O. The van der Waals surface area contributed by atoms with Crippen LogP contribution in [-0.2, 0) is 13.0 Å². The Bertz CT molecular complexity index is 918. The zero-order valence-electron chi connectivity index (χ0n) is 16.3. The lowest BCUT2D eigenvalue weighted by molar-refractivity contribution is 0.235. The average molecular weight is 504 g/mol. The number of guanidine groups is 1. The largest absolute Gasteiger partial charge is 0.488 e. The van der Waals surface area contributed by atoms with E-state index >= 15 is 0 Å². The fourth-order valence-electron chi connectivity index (χ4n) is 3.24. The number of ether oxygens (including phenoxy) is 1. The van der Waals surface area contributed by atoms with Crippen molar-refractivity contribution in [3.8, 4) is 11.4 Å². The summed E-state index contributed by atoms with van der Waals surface area (Å²) in [6.45, 7) is 3.94. The summed E-state index contributed by atoms with van der Waals surface area (Å²) in [5, 5.41) is 14.9. The molecule has 0 radical (unpaired) electrons. The Balaban J connectivity index is 0.00000240. The SMILES string of the molecule is CCNC(=NCc1nncn1-c1ccccc1)NCC1Cc2ccccc2O1.I. The van der Waals surface area contributed by atoms with Crippen LogP contribution >= 0.6 is 24.0 Å². The standard InChI is InChI=1S/C21H24N6O.HI/c1-2-22-21(23-13-18-12-16-8-6-7-11-19(16)28-18)24-14-20-26-25-15-27(20)17-9-4-3-5-10-17;/h3-11,15,18H,2,12-14H2,1H3,(H2,22,23,24);1H. The van der Waals surface area contributed by atoms with Gasteiger partial charge in [0.1, 0.15) is 24.7 Å². The second kappa shape index (κ2) is 10.2. The highest BCUT2D eigenvalue weighted by Crippen LogP contribution is 2.27. The molecular weight excluding hydrogens is 479 g/mol. The highest BCUT2D eigenvalue weighted by atomic mass is 127. The van der Waals surface area contributed by atoms with E-state index in [-0.39, 0.29) is 30.1 Å². The third kappa shape index (κ3) is 5.26. The van der Waals surface area contributed by atoms with Gasteiger partial charge in [0.2, 0.25) is 0 Å². The molecule has 29 heavy (non-hydrogen) atoms. The predicted octanol–water partition coefficient (Wildman–Crippen LogP) is 2.94. The number of benzene rings is 2. The van der Waals surface area contributed by atoms with E-state index in [1.807, 2.05) is 60.0 Å². The van der Waals surface area contributed by atoms with Crippen molar-refractivity contribution in [1.29, 1.82) is 0 Å². The molecule has 0 fully saturated rings. The Morgan fingerprint density at radius 3 is 2.72 bits per heavy atom. The number of aliphatic imine (C=N–C) groups is 1. The van der Waals surface area contributed by atoms with E-state index in [0.29, 0.717) is 13.1 Å². The van der Waals surface area contributed by atoms with Crippen LogP contribution in [0.3, 0.4) is 0 Å². The smallest absolute Gasteiger partial charge is 0.191 e. The van der Waals surface area contributed by atoms with Crippen molar-refractivity contribution in [3.63, 3.8) is 0 Å². The van der Waals surface area contributed by atoms with Gasteiger partial charge in [0.15, 0.2) is 11.8 Å². The maximum absolute atomic E-state index is 5.99. The normalized spacial score (nSPS) is 15.2. The summed E-state index contributed by atoms with van der Waals surface area (Å²) >= 11 is 0. The summed E-state index contributed by atoms with van der Waals surface area (Å²) in [5.74, 6) is 2.50. The van der Waals surface area contributed by atoms with Crippen molar-refractivity contribution in [2.24, 2.45) is 4.99 Å². The van der Waals surface area contributed by atoms with Crippen LogP contribution in [0.15, 0.2) is 65.9 Å². The van der Waals surface area contributed by atoms with E-state index in [4.69, 9.17) is 4.74 Å². The molecule has 0 spiro atoms. The Kier molecular flexibility index (Phi) is 7.45. The molecule has 1 unspecified atom stereocenters. The second-order valence-corrected chi connectivity index (χ2v) is 6.58. The molecule has 1 aromatic heterocycles. The first kappa shape index (κ1) is 21.1. The molecule has 0 amide bonds. The van der Waals surface area contributed by atoms with Gasteiger partial charge in [-0.3, -0.25) is 4.57 Å². The summed E-state index contributed by atoms with van der Waals surface area (Å²) in [7, 11) is 0. The van der Waals surface area contributed by atoms with Crippen LogP contribution in [0.1, 0.15) is 18.3 Å². The van der Waals surface area contributed by atoms with Crippen LogP contribution in [-0.4, -0.2) is 39.9 Å². The lowest BCUT2D eigenvalue weighted by atomic mass is 10.1. The van der Waals surface area contributed by atoms with Crippen molar-refractivity contribution < 1.29 is 4.74 Å². The highest BCUT2D eigenvalue weighted by Gasteiger charge is 2.22. The fraction of sp³-hybridized carbons (Fsp3) is 0.286. The summed E-state index contributed by atoms with van der Waals surface area (Å²) in [4.78, 5) is 4.67. The van der Waals surface area contributed by atoms with Gasteiger partial charge in [-0.05, 0) is 30.7 Å². The van der Waals surface area contributed by atoms with E-state index in [9.17, 15) is 0 Å². The Morgan fingerprint density at radius 2 is 1.93 bits per heavy atom. The maximum atomic E-state index is 5.99. The molecule has 1 aliphatic rings. The number of halogens is 1. The molecule has 3 aromatic rings. The monoisotopic (exact) mass is 504 g/mol. The zero-order valence-corrected chi connectivity index (χ0v) is 18.6. The zero-order chi connectivity index (χ0) is 19.2. The van der Waals surface area contributed by atoms with Crippen LogP contribution in [0.4, 0.5) is 0 Å². The van der Waals surface area contributed by atoms with Crippen molar-refractivity contribution in [1.82, 2.24) is 25.4 Å². The van der Waals surface area contributed by atoms with Gasteiger partial charge in [0, 0.05) is 18.7 Å². The molecule has 0 saturated heterocycles. The van der Waals surface area contributed by atoms with Gasteiger partial charge in [-0.15, -0.1) is 34.2 Å². The first-order valence-corrected chi connectivity index (χ1v) is 9.54. The number of hydrogen-bond donors (Lipinski definition) is 2. The number of para-hydroxylation sites is 2. The van der Waals surface area contributed by atoms with Gasteiger partial charge in [0.05, 0.1) is 6.54 Å². The van der Waals surface area contributed by atoms with Gasteiger partial charge in [-0.2, -0.15) is 0 Å². The molecule has 0 aliphatic carbocycles. The lowest BCUT2D eigenvalue weighted by Gasteiger charge is -2.15. The molecule has 152 valence electrons. The third-order valence-electron chi connectivity index (χ3n) is 4.59. The molecule has 0 bridgehead atoms. The minimum Gasteiger partial charge on any atom is -0.488 e. The topological polar surface area (TPSA) is 76.4 Å². The van der Waals surface area contributed by atoms with E-state index in [2.05, 4.69) is 31.9 Å². The number of nitrogens with one attached hydrogen (secondary N) is 2. The van der Waals surface area contributed by atoms with Gasteiger partial charge in [-0.25, -0.2) is 4.99 Å². The van der Waals surface area contributed by atoms with E-state index in [1.165, 1.54) is 5.56 Å². The molecule has 2 heterocycles. The van der Waals surface area contributed by atoms with Crippen LogP contribution in [0, 0.1) is 0 Å². The minimum atomic E-state index is 0. The van der Waals surface area contributed by atoms with E-state index in [0.717, 1.165) is 36.2 Å². The summed E-state index contributed by atoms with van der Waals surface area (Å²) < 4.78 is 7.94. The number of hydrogen-bond acceptors (Lipinski definition) is 4. The predicted molar refractivity (Wildman–Crippen MR) is 124 cm³/mol. The lowest BCUT2D eigenvalue weighted by Crippen LogP contribution is -2.42. The number of aromatic nitrogens is 3. The maximum Gasteiger partial charge on any atom is 0.191 e. The van der Waals surface area contributed by atoms with Gasteiger partial charge in [0.25, 0.3) is 0 Å². The average Bonchev–Trinajstić information content (AvgIpc) is 3.37. The summed E-state index contributed by atoms with van der Waals surface area (Å²) in [5.41, 5.74) is 2.28. The molecule has 1 aliphatic heterocycles. The molecule has 7 nitrogen and oxygen atoms in total. The number of nitrogens with zero attached hydrogens (tertiary/aromatic N) is 4. The van der Waals surface area contributed by atoms with Gasteiger partial charge < -0.3 is 15.4 Å². The van der Waals surface area contributed by atoms with Crippen molar-refractivity contribution >= 4 is 29.9 Å². The summed E-state index contributed by atoms with van der Waals surface area (Å²) in [6, 6.07) is 18.2. The molecule has 8 heteroatoms. The molecule has 1 atom stereocenters. The van der Waals surface area contributed by atoms with Crippen LogP contribution < -0.4 is 15.4 Å². The van der Waals surface area contributed by atoms with E-state index in [1.54, 1.807) is 6.33 Å². The fourth-order valence-corrected chi connectivity index (χ4v) is 3.24. The number of rotatable bonds is 6. The third-order valence-corrected chi connectivity index (χ3v) is 4.59. The van der Waals surface area contributed by atoms with Crippen molar-refractivity contribution in [3.05, 3.63) is 72.3 Å². The quantitative estimate of drug-likeness (QED) is 0.307. The second-order valence-electron chi connectivity index (χ2n) is 6.58. The van der Waals surface area contributed by atoms with Gasteiger partial charge >= 0.3 is 0 Å². The van der Waals surface area contributed by atoms with Crippen LogP contribution in [0.5, 0.6) is 5.75 Å². The highest BCUT2D eigenvalue weighted by molar-refractivity contribution is 14.0. The molecule has 4 rings (SSSR count). The Hall–Kier alpha value is -2.62. The van der Waals surface area contributed by atoms with Gasteiger partial charge in [-0.1, -0.05) is 36.4 Å².